The average Bonchev–Trinajstić information content (AvgIpc) is 2.72. The molecule has 1 heterocycles. The molecule has 1 aliphatic carbocycles. The minimum absolute atomic E-state index is 0.0101. The highest BCUT2D eigenvalue weighted by atomic mass is 16.4. The van der Waals surface area contributed by atoms with E-state index in [9.17, 15) is 19.5 Å². The molecule has 1 saturated heterocycles. The van der Waals surface area contributed by atoms with Gasteiger partial charge in [0.2, 0.25) is 5.91 Å². The fourth-order valence-corrected chi connectivity index (χ4v) is 4.28. The highest BCUT2D eigenvalue weighted by Gasteiger charge is 2.36. The van der Waals surface area contributed by atoms with Crippen LogP contribution in [0, 0.1) is 11.8 Å². The van der Waals surface area contributed by atoms with Crippen LogP contribution in [0.4, 0.5) is 0 Å². The molecule has 2 N–H and O–H groups in total. The van der Waals surface area contributed by atoms with Gasteiger partial charge in [-0.1, -0.05) is 24.6 Å². The topological polar surface area (TPSA) is 86.7 Å². The summed E-state index contributed by atoms with van der Waals surface area (Å²) in [5.41, 5.74) is 0.614. The first kappa shape index (κ1) is 19.4. The first-order chi connectivity index (χ1) is 13.1. The van der Waals surface area contributed by atoms with Gasteiger partial charge in [0.1, 0.15) is 0 Å². The standard InChI is InChI=1S/C21H28N2O4/c24-19(15-7-2-1-3-8-15)22-14-18-11-4-5-12-23(18)20(25)16-9-6-10-17(13-16)21(26)27/h1-3,7-8,16-18H,4-6,9-14H2,(H,22,24)(H,26,27). The van der Waals surface area contributed by atoms with Crippen molar-refractivity contribution in [2.24, 2.45) is 11.8 Å². The highest BCUT2D eigenvalue weighted by Crippen LogP contribution is 2.32. The smallest absolute Gasteiger partial charge is 0.306 e. The van der Waals surface area contributed by atoms with Gasteiger partial charge in [0.15, 0.2) is 0 Å². The number of carboxylic acid groups (broad SMARTS) is 1. The van der Waals surface area contributed by atoms with Gasteiger partial charge in [-0.3, -0.25) is 14.4 Å². The molecule has 1 aromatic carbocycles. The van der Waals surface area contributed by atoms with Crippen LogP contribution in [0.1, 0.15) is 55.3 Å². The number of hydrogen-bond donors (Lipinski definition) is 2. The molecule has 1 aromatic rings. The highest BCUT2D eigenvalue weighted by molar-refractivity contribution is 5.94. The van der Waals surface area contributed by atoms with Gasteiger partial charge >= 0.3 is 5.97 Å². The maximum absolute atomic E-state index is 13.1. The summed E-state index contributed by atoms with van der Waals surface area (Å²) in [6, 6.07) is 9.05. The third-order valence-electron chi connectivity index (χ3n) is 5.82. The quantitative estimate of drug-likeness (QED) is 0.832. The number of benzene rings is 1. The van der Waals surface area contributed by atoms with Gasteiger partial charge in [0.25, 0.3) is 5.91 Å². The first-order valence-electron chi connectivity index (χ1n) is 9.93. The Kier molecular flexibility index (Phi) is 6.48. The molecule has 2 amide bonds. The third kappa shape index (κ3) is 4.87. The van der Waals surface area contributed by atoms with Gasteiger partial charge < -0.3 is 15.3 Å². The molecule has 3 atom stereocenters. The number of carboxylic acids is 1. The van der Waals surface area contributed by atoms with E-state index in [0.717, 1.165) is 32.1 Å². The maximum Gasteiger partial charge on any atom is 0.306 e. The second-order valence-electron chi connectivity index (χ2n) is 7.66. The zero-order valence-corrected chi connectivity index (χ0v) is 15.6. The van der Waals surface area contributed by atoms with Gasteiger partial charge in [-0.25, -0.2) is 0 Å². The van der Waals surface area contributed by atoms with Crippen molar-refractivity contribution in [1.29, 1.82) is 0 Å². The molecule has 2 fully saturated rings. The number of nitrogens with zero attached hydrogens (tertiary/aromatic N) is 1. The Morgan fingerprint density at radius 1 is 1.00 bits per heavy atom. The Morgan fingerprint density at radius 3 is 2.48 bits per heavy atom. The molecule has 2 aliphatic rings. The number of rotatable bonds is 5. The van der Waals surface area contributed by atoms with Crippen LogP contribution in [0.25, 0.3) is 0 Å². The number of likely N-dealkylation sites (tertiary alicyclic amines) is 1. The predicted molar refractivity (Wildman–Crippen MR) is 101 cm³/mol. The molecule has 0 bridgehead atoms. The molecule has 1 saturated carbocycles. The Morgan fingerprint density at radius 2 is 1.74 bits per heavy atom. The molecular formula is C21H28N2O4. The first-order valence-corrected chi connectivity index (χ1v) is 9.93. The SMILES string of the molecule is O=C(NCC1CCCCN1C(=O)C1CCCC(C(=O)O)C1)c1ccccc1. The van der Waals surface area contributed by atoms with E-state index in [1.807, 2.05) is 23.1 Å². The summed E-state index contributed by atoms with van der Waals surface area (Å²) >= 11 is 0. The summed E-state index contributed by atoms with van der Waals surface area (Å²) in [5, 5.41) is 12.2. The second kappa shape index (κ2) is 9.02. The molecule has 0 spiro atoms. The van der Waals surface area contributed by atoms with Crippen molar-refractivity contribution in [3.8, 4) is 0 Å². The third-order valence-corrected chi connectivity index (χ3v) is 5.82. The zero-order chi connectivity index (χ0) is 19.2. The number of carbonyl (C=O) groups excluding carboxylic acids is 2. The minimum Gasteiger partial charge on any atom is -0.481 e. The number of hydrogen-bond acceptors (Lipinski definition) is 3. The Balaban J connectivity index is 1.60. The van der Waals surface area contributed by atoms with Gasteiger partial charge in [-0.05, 0) is 50.7 Å². The molecule has 0 radical (unpaired) electrons. The van der Waals surface area contributed by atoms with Crippen molar-refractivity contribution in [2.45, 2.75) is 51.0 Å². The number of aliphatic carboxylic acids is 1. The molecule has 27 heavy (non-hydrogen) atoms. The Bertz CT molecular complexity index is 676. The molecule has 6 heteroatoms. The van der Waals surface area contributed by atoms with Crippen molar-refractivity contribution >= 4 is 17.8 Å². The summed E-state index contributed by atoms with van der Waals surface area (Å²) in [4.78, 5) is 38.6. The van der Waals surface area contributed by atoms with Crippen LogP contribution in [0.3, 0.4) is 0 Å². The number of nitrogens with one attached hydrogen (secondary N) is 1. The second-order valence-corrected chi connectivity index (χ2v) is 7.66. The number of carbonyl (C=O) groups is 3. The van der Waals surface area contributed by atoms with E-state index < -0.39 is 11.9 Å². The summed E-state index contributed by atoms with van der Waals surface area (Å²) in [6.07, 6.45) is 5.53. The monoisotopic (exact) mass is 372 g/mol. The van der Waals surface area contributed by atoms with Crippen LogP contribution >= 0.6 is 0 Å². The van der Waals surface area contributed by atoms with Crippen LogP contribution < -0.4 is 5.32 Å². The van der Waals surface area contributed by atoms with Crippen molar-refractivity contribution in [3.63, 3.8) is 0 Å². The fraction of sp³-hybridized carbons (Fsp3) is 0.571. The van der Waals surface area contributed by atoms with Gasteiger partial charge in [-0.15, -0.1) is 0 Å². The van der Waals surface area contributed by atoms with Gasteiger partial charge in [0, 0.05) is 30.6 Å². The van der Waals surface area contributed by atoms with Crippen LogP contribution in [-0.4, -0.2) is 46.9 Å². The van der Waals surface area contributed by atoms with Crippen LogP contribution in [0.2, 0.25) is 0 Å². The van der Waals surface area contributed by atoms with E-state index in [-0.39, 0.29) is 23.8 Å². The van der Waals surface area contributed by atoms with E-state index in [0.29, 0.717) is 31.5 Å². The maximum atomic E-state index is 13.1. The van der Waals surface area contributed by atoms with Gasteiger partial charge in [-0.2, -0.15) is 0 Å². The number of piperidine rings is 1. The lowest BCUT2D eigenvalue weighted by Gasteiger charge is -2.39. The predicted octanol–water partition coefficient (Wildman–Crippen LogP) is 2.69. The lowest BCUT2D eigenvalue weighted by atomic mass is 9.80. The van der Waals surface area contributed by atoms with E-state index in [1.54, 1.807) is 12.1 Å². The summed E-state index contributed by atoms with van der Waals surface area (Å²) in [5.74, 6) is -1.46. The van der Waals surface area contributed by atoms with E-state index >= 15 is 0 Å². The van der Waals surface area contributed by atoms with Gasteiger partial charge in [0.05, 0.1) is 5.92 Å². The van der Waals surface area contributed by atoms with Crippen molar-refractivity contribution < 1.29 is 19.5 Å². The summed E-state index contributed by atoms with van der Waals surface area (Å²) in [7, 11) is 0. The lowest BCUT2D eigenvalue weighted by Crippen LogP contribution is -2.51. The zero-order valence-electron chi connectivity index (χ0n) is 15.6. The normalized spacial score (nSPS) is 25.6. The van der Waals surface area contributed by atoms with Crippen molar-refractivity contribution in [2.75, 3.05) is 13.1 Å². The lowest BCUT2D eigenvalue weighted by molar-refractivity contribution is -0.146. The van der Waals surface area contributed by atoms with E-state index in [1.165, 1.54) is 0 Å². The molecule has 3 unspecified atom stereocenters. The molecule has 1 aliphatic heterocycles. The van der Waals surface area contributed by atoms with Crippen LogP contribution in [-0.2, 0) is 9.59 Å². The van der Waals surface area contributed by atoms with E-state index in [4.69, 9.17) is 0 Å². The largest absolute Gasteiger partial charge is 0.481 e. The van der Waals surface area contributed by atoms with Crippen LogP contribution in [0.5, 0.6) is 0 Å². The Labute approximate surface area is 159 Å². The average molecular weight is 372 g/mol. The van der Waals surface area contributed by atoms with Crippen molar-refractivity contribution in [3.05, 3.63) is 35.9 Å². The van der Waals surface area contributed by atoms with E-state index in [2.05, 4.69) is 5.32 Å². The molecule has 3 rings (SSSR count). The Hall–Kier alpha value is -2.37. The van der Waals surface area contributed by atoms with Crippen LogP contribution in [0.15, 0.2) is 30.3 Å². The molecule has 0 aromatic heterocycles. The number of amides is 2. The van der Waals surface area contributed by atoms with Crippen molar-refractivity contribution in [1.82, 2.24) is 10.2 Å². The summed E-state index contributed by atoms with van der Waals surface area (Å²) < 4.78 is 0. The summed E-state index contributed by atoms with van der Waals surface area (Å²) in [6.45, 7) is 1.13. The molecule has 146 valence electrons. The minimum atomic E-state index is -0.794. The molecule has 6 nitrogen and oxygen atoms in total. The fourth-order valence-electron chi connectivity index (χ4n) is 4.28. The molecular weight excluding hydrogens is 344 g/mol.